The number of nitrogens with one attached hydrogen (secondary N) is 2. The van der Waals surface area contributed by atoms with E-state index in [4.69, 9.17) is 0 Å². The summed E-state index contributed by atoms with van der Waals surface area (Å²) >= 11 is 0. The molecule has 2 N–H and O–H groups in total. The van der Waals surface area contributed by atoms with E-state index in [9.17, 15) is 4.79 Å². The van der Waals surface area contributed by atoms with Crippen molar-refractivity contribution in [3.63, 3.8) is 0 Å². The molecule has 0 aliphatic carbocycles. The first-order valence-electron chi connectivity index (χ1n) is 7.40. The Kier molecular flexibility index (Phi) is 3.76. The summed E-state index contributed by atoms with van der Waals surface area (Å²) in [6.45, 7) is 2.88. The molecule has 3 rings (SSSR count). The van der Waals surface area contributed by atoms with E-state index in [2.05, 4.69) is 22.8 Å². The second kappa shape index (κ2) is 5.70. The minimum Gasteiger partial charge on any atom is -0.324 e. The average Bonchev–Trinajstić information content (AvgIpc) is 2.97. The van der Waals surface area contributed by atoms with Crippen LogP contribution in [0.4, 0.5) is 5.69 Å². The molecule has 2 aromatic carbocycles. The number of anilines is 1. The summed E-state index contributed by atoms with van der Waals surface area (Å²) in [5.74, 6) is 0.0448. The van der Waals surface area contributed by atoms with Crippen molar-refractivity contribution in [1.82, 2.24) is 5.32 Å². The molecule has 0 bridgehead atoms. The fourth-order valence-electron chi connectivity index (χ4n) is 2.81. The average molecular weight is 280 g/mol. The van der Waals surface area contributed by atoms with Gasteiger partial charge in [-0.15, -0.1) is 0 Å². The van der Waals surface area contributed by atoms with Crippen molar-refractivity contribution in [1.29, 1.82) is 0 Å². The van der Waals surface area contributed by atoms with Gasteiger partial charge in [0.05, 0.1) is 5.54 Å². The highest BCUT2D eigenvalue weighted by molar-refractivity contribution is 6.01. The van der Waals surface area contributed by atoms with Crippen LogP contribution in [0.1, 0.15) is 19.8 Å². The molecular formula is C18H20N2O. The molecule has 3 nitrogen and oxygen atoms in total. The van der Waals surface area contributed by atoms with Crippen molar-refractivity contribution in [3.05, 3.63) is 54.6 Å². The lowest BCUT2D eigenvalue weighted by molar-refractivity contribution is -0.121. The zero-order valence-corrected chi connectivity index (χ0v) is 12.2. The lowest BCUT2D eigenvalue weighted by Gasteiger charge is -2.24. The number of hydrogen-bond acceptors (Lipinski definition) is 2. The largest absolute Gasteiger partial charge is 0.324 e. The van der Waals surface area contributed by atoms with E-state index in [1.165, 1.54) is 0 Å². The maximum Gasteiger partial charge on any atom is 0.244 e. The van der Waals surface area contributed by atoms with Gasteiger partial charge < -0.3 is 10.6 Å². The third-order valence-corrected chi connectivity index (χ3v) is 4.13. The lowest BCUT2D eigenvalue weighted by Crippen LogP contribution is -2.48. The second-order valence-electron chi connectivity index (χ2n) is 5.73. The Balaban J connectivity index is 1.88. The molecule has 0 radical (unpaired) electrons. The highest BCUT2D eigenvalue weighted by Crippen LogP contribution is 2.29. The standard InChI is InChI=1S/C18H20N2O/c1-18(12-7-13-19-18)17(21)20-16-11-6-5-10-15(16)14-8-3-2-4-9-14/h2-6,8-11,19H,7,12-13H2,1H3,(H,20,21). The molecule has 1 heterocycles. The van der Waals surface area contributed by atoms with Crippen LogP contribution in [-0.4, -0.2) is 18.0 Å². The molecule has 0 spiro atoms. The summed E-state index contributed by atoms with van der Waals surface area (Å²) in [6, 6.07) is 18.1. The Hall–Kier alpha value is -2.13. The molecule has 1 fully saturated rings. The SMILES string of the molecule is CC1(C(=O)Nc2ccccc2-c2ccccc2)CCCN1. The molecule has 1 amide bonds. The quantitative estimate of drug-likeness (QED) is 0.904. The summed E-state index contributed by atoms with van der Waals surface area (Å²) in [4.78, 5) is 12.5. The number of rotatable bonds is 3. The second-order valence-corrected chi connectivity index (χ2v) is 5.73. The topological polar surface area (TPSA) is 41.1 Å². The maximum absolute atomic E-state index is 12.5. The van der Waals surface area contributed by atoms with E-state index in [1.807, 2.05) is 49.4 Å². The van der Waals surface area contributed by atoms with Gasteiger partial charge in [0.1, 0.15) is 0 Å². The number of carbonyl (C=O) groups excluding carboxylic acids is 1. The molecule has 1 aliphatic rings. The van der Waals surface area contributed by atoms with E-state index in [-0.39, 0.29) is 5.91 Å². The molecule has 3 heteroatoms. The number of amides is 1. The third-order valence-electron chi connectivity index (χ3n) is 4.13. The molecule has 0 aromatic heterocycles. The molecular weight excluding hydrogens is 260 g/mol. The summed E-state index contributed by atoms with van der Waals surface area (Å²) in [5.41, 5.74) is 2.57. The van der Waals surface area contributed by atoms with Gasteiger partial charge in [0, 0.05) is 11.3 Å². The van der Waals surface area contributed by atoms with Crippen LogP contribution < -0.4 is 10.6 Å². The van der Waals surface area contributed by atoms with Crippen molar-refractivity contribution >= 4 is 11.6 Å². The van der Waals surface area contributed by atoms with E-state index in [0.717, 1.165) is 36.2 Å². The lowest BCUT2D eigenvalue weighted by atomic mass is 9.98. The fourth-order valence-corrected chi connectivity index (χ4v) is 2.81. The minimum absolute atomic E-state index is 0.0448. The Labute approximate surface area is 125 Å². The van der Waals surface area contributed by atoms with Gasteiger partial charge in [-0.2, -0.15) is 0 Å². The summed E-state index contributed by atoms with van der Waals surface area (Å²) in [5, 5.41) is 6.39. The molecule has 1 saturated heterocycles. The van der Waals surface area contributed by atoms with Gasteiger partial charge in [-0.25, -0.2) is 0 Å². The van der Waals surface area contributed by atoms with Gasteiger partial charge in [0.2, 0.25) is 5.91 Å². The normalized spacial score (nSPS) is 21.2. The first-order valence-corrected chi connectivity index (χ1v) is 7.40. The van der Waals surface area contributed by atoms with Crippen LogP contribution in [-0.2, 0) is 4.79 Å². The predicted molar refractivity (Wildman–Crippen MR) is 86.1 cm³/mol. The first kappa shape index (κ1) is 13.8. The summed E-state index contributed by atoms with van der Waals surface area (Å²) < 4.78 is 0. The molecule has 2 aromatic rings. The number of carbonyl (C=O) groups is 1. The minimum atomic E-state index is -0.455. The van der Waals surface area contributed by atoms with Gasteiger partial charge in [-0.1, -0.05) is 48.5 Å². The molecule has 0 saturated carbocycles. The van der Waals surface area contributed by atoms with Crippen LogP contribution in [0.2, 0.25) is 0 Å². The van der Waals surface area contributed by atoms with Crippen molar-refractivity contribution in [3.8, 4) is 11.1 Å². The molecule has 1 aliphatic heterocycles. The Morgan fingerprint density at radius 1 is 1.10 bits per heavy atom. The highest BCUT2D eigenvalue weighted by atomic mass is 16.2. The van der Waals surface area contributed by atoms with Crippen LogP contribution in [0.15, 0.2) is 54.6 Å². The van der Waals surface area contributed by atoms with Gasteiger partial charge in [0.25, 0.3) is 0 Å². The smallest absolute Gasteiger partial charge is 0.244 e. The van der Waals surface area contributed by atoms with E-state index in [0.29, 0.717) is 0 Å². The number of para-hydroxylation sites is 1. The highest BCUT2D eigenvalue weighted by Gasteiger charge is 2.36. The van der Waals surface area contributed by atoms with Gasteiger partial charge in [-0.05, 0) is 37.9 Å². The number of benzene rings is 2. The molecule has 1 unspecified atom stereocenters. The monoisotopic (exact) mass is 280 g/mol. The predicted octanol–water partition coefficient (Wildman–Crippen LogP) is 3.43. The first-order chi connectivity index (χ1) is 10.2. The number of hydrogen-bond donors (Lipinski definition) is 2. The molecule has 1 atom stereocenters. The zero-order valence-electron chi connectivity index (χ0n) is 12.2. The van der Waals surface area contributed by atoms with Gasteiger partial charge in [0.15, 0.2) is 0 Å². The van der Waals surface area contributed by atoms with E-state index >= 15 is 0 Å². The van der Waals surface area contributed by atoms with Crippen molar-refractivity contribution in [2.24, 2.45) is 0 Å². The summed E-state index contributed by atoms with van der Waals surface area (Å²) in [6.07, 6.45) is 1.93. The third kappa shape index (κ3) is 2.83. The molecule has 108 valence electrons. The summed E-state index contributed by atoms with van der Waals surface area (Å²) in [7, 11) is 0. The van der Waals surface area contributed by atoms with Crippen LogP contribution in [0.3, 0.4) is 0 Å². The Bertz CT molecular complexity index is 631. The van der Waals surface area contributed by atoms with Crippen LogP contribution in [0.25, 0.3) is 11.1 Å². The van der Waals surface area contributed by atoms with Crippen molar-refractivity contribution in [2.75, 3.05) is 11.9 Å². The van der Waals surface area contributed by atoms with Crippen LogP contribution >= 0.6 is 0 Å². The fraction of sp³-hybridized carbons (Fsp3) is 0.278. The van der Waals surface area contributed by atoms with Crippen molar-refractivity contribution < 1.29 is 4.79 Å². The van der Waals surface area contributed by atoms with Crippen LogP contribution in [0.5, 0.6) is 0 Å². The van der Waals surface area contributed by atoms with Crippen molar-refractivity contribution in [2.45, 2.75) is 25.3 Å². The van der Waals surface area contributed by atoms with Crippen LogP contribution in [0, 0.1) is 0 Å². The Morgan fingerprint density at radius 2 is 1.81 bits per heavy atom. The zero-order chi connectivity index (χ0) is 14.7. The Morgan fingerprint density at radius 3 is 2.52 bits per heavy atom. The van der Waals surface area contributed by atoms with E-state index in [1.54, 1.807) is 0 Å². The van der Waals surface area contributed by atoms with Gasteiger partial charge >= 0.3 is 0 Å². The van der Waals surface area contributed by atoms with Gasteiger partial charge in [-0.3, -0.25) is 4.79 Å². The maximum atomic E-state index is 12.5. The van der Waals surface area contributed by atoms with E-state index < -0.39 is 5.54 Å². The molecule has 21 heavy (non-hydrogen) atoms.